The minimum Gasteiger partial charge on any atom is -0.373 e. The monoisotopic (exact) mass is 314 g/mol. The summed E-state index contributed by atoms with van der Waals surface area (Å²) in [4.78, 5) is 2.55. The topological polar surface area (TPSA) is 53.3 Å². The molecular weight excluding hydrogens is 288 g/mol. The van der Waals surface area contributed by atoms with Crippen molar-refractivity contribution in [1.29, 1.82) is 0 Å². The molecule has 2 fully saturated rings. The van der Waals surface area contributed by atoms with Gasteiger partial charge < -0.3 is 10.0 Å². The zero-order valence-corrected chi connectivity index (χ0v) is 13.9. The second kappa shape index (κ2) is 5.89. The molecule has 5 nitrogen and oxygen atoms in total. The maximum Gasteiger partial charge on any atom is 0.150 e. The van der Waals surface area contributed by atoms with Gasteiger partial charge in [-0.15, -0.1) is 0 Å². The molecule has 1 aromatic heterocycles. The Bertz CT molecular complexity index is 683. The third-order valence-electron chi connectivity index (χ3n) is 5.78. The standard InChI is InChI=1S/C18H26N4O/c1-21-13-6-5-7-14(21)11-12(10-13)19-18(23)17-15-8-3-4-9-16(15)22(2)20-17/h3-4,8-9,12-14,18-19,23H,5-7,10-11H2,1-2H3. The molecule has 0 saturated carbocycles. The average molecular weight is 314 g/mol. The molecule has 0 radical (unpaired) electrons. The molecule has 4 rings (SSSR count). The maximum absolute atomic E-state index is 10.7. The number of benzene rings is 1. The van der Waals surface area contributed by atoms with Crippen LogP contribution in [-0.2, 0) is 7.05 Å². The molecule has 124 valence electrons. The molecule has 23 heavy (non-hydrogen) atoms. The van der Waals surface area contributed by atoms with Crippen LogP contribution < -0.4 is 5.32 Å². The first-order chi connectivity index (χ1) is 11.1. The third kappa shape index (κ3) is 2.67. The number of aryl methyl sites for hydroxylation is 1. The molecule has 3 heterocycles. The van der Waals surface area contributed by atoms with Crippen LogP contribution in [0.15, 0.2) is 24.3 Å². The fourth-order valence-corrected chi connectivity index (χ4v) is 4.50. The van der Waals surface area contributed by atoms with E-state index < -0.39 is 6.23 Å². The van der Waals surface area contributed by atoms with Crippen LogP contribution in [0.3, 0.4) is 0 Å². The van der Waals surface area contributed by atoms with Crippen molar-refractivity contribution in [2.24, 2.45) is 7.05 Å². The summed E-state index contributed by atoms with van der Waals surface area (Å²) in [6.45, 7) is 0. The second-order valence-corrected chi connectivity index (χ2v) is 7.17. The molecule has 1 aromatic carbocycles. The first-order valence-electron chi connectivity index (χ1n) is 8.71. The lowest BCUT2D eigenvalue weighted by molar-refractivity contribution is 0.0257. The van der Waals surface area contributed by atoms with Gasteiger partial charge in [-0.05, 0) is 38.8 Å². The van der Waals surface area contributed by atoms with Gasteiger partial charge in [-0.2, -0.15) is 5.10 Å². The van der Waals surface area contributed by atoms with Crippen molar-refractivity contribution >= 4 is 10.9 Å². The summed E-state index contributed by atoms with van der Waals surface area (Å²) in [5.74, 6) is 0. The number of para-hydroxylation sites is 1. The smallest absolute Gasteiger partial charge is 0.150 e. The van der Waals surface area contributed by atoms with Crippen molar-refractivity contribution in [3.8, 4) is 0 Å². The molecule has 3 unspecified atom stereocenters. The second-order valence-electron chi connectivity index (χ2n) is 7.17. The Balaban J connectivity index is 1.52. The number of piperidine rings is 2. The molecule has 2 bridgehead atoms. The van der Waals surface area contributed by atoms with Gasteiger partial charge in [0.15, 0.2) is 6.23 Å². The number of aliphatic hydroxyl groups excluding tert-OH is 1. The van der Waals surface area contributed by atoms with Crippen LogP contribution in [0.25, 0.3) is 10.9 Å². The van der Waals surface area contributed by atoms with E-state index in [4.69, 9.17) is 0 Å². The molecule has 2 aliphatic rings. The summed E-state index contributed by atoms with van der Waals surface area (Å²) >= 11 is 0. The van der Waals surface area contributed by atoms with Crippen molar-refractivity contribution in [2.75, 3.05) is 7.05 Å². The van der Waals surface area contributed by atoms with Crippen LogP contribution in [0, 0.1) is 0 Å². The Hall–Kier alpha value is -1.43. The van der Waals surface area contributed by atoms with Gasteiger partial charge >= 0.3 is 0 Å². The first kappa shape index (κ1) is 15.1. The molecule has 2 aliphatic heterocycles. The van der Waals surface area contributed by atoms with Crippen molar-refractivity contribution in [3.63, 3.8) is 0 Å². The highest BCUT2D eigenvalue weighted by Crippen LogP contribution is 2.33. The van der Waals surface area contributed by atoms with E-state index in [1.165, 1.54) is 19.3 Å². The lowest BCUT2D eigenvalue weighted by Crippen LogP contribution is -2.54. The third-order valence-corrected chi connectivity index (χ3v) is 5.78. The number of hydrogen-bond acceptors (Lipinski definition) is 4. The molecule has 2 saturated heterocycles. The number of fused-ring (bicyclic) bond motifs is 3. The summed E-state index contributed by atoms with van der Waals surface area (Å²) in [6, 6.07) is 9.77. The fourth-order valence-electron chi connectivity index (χ4n) is 4.50. The number of aliphatic hydroxyl groups is 1. The average Bonchev–Trinajstić information content (AvgIpc) is 2.86. The number of rotatable bonds is 3. The van der Waals surface area contributed by atoms with Gasteiger partial charge in [-0.3, -0.25) is 10.00 Å². The highest BCUT2D eigenvalue weighted by atomic mass is 16.3. The molecule has 3 atom stereocenters. The van der Waals surface area contributed by atoms with Crippen molar-refractivity contribution in [1.82, 2.24) is 20.0 Å². The highest BCUT2D eigenvalue weighted by molar-refractivity contribution is 5.82. The van der Waals surface area contributed by atoms with Gasteiger partial charge in [-0.1, -0.05) is 24.6 Å². The van der Waals surface area contributed by atoms with Crippen molar-refractivity contribution in [3.05, 3.63) is 30.0 Å². The largest absolute Gasteiger partial charge is 0.373 e. The lowest BCUT2D eigenvalue weighted by atomic mass is 9.82. The predicted octanol–water partition coefficient (Wildman–Crippen LogP) is 2.17. The maximum atomic E-state index is 10.7. The van der Waals surface area contributed by atoms with Crippen LogP contribution in [-0.4, -0.2) is 45.0 Å². The fraction of sp³-hybridized carbons (Fsp3) is 0.611. The molecular formula is C18H26N4O. The number of nitrogens with zero attached hydrogens (tertiary/aromatic N) is 3. The number of hydrogen-bond donors (Lipinski definition) is 2. The van der Waals surface area contributed by atoms with Gasteiger partial charge in [0.05, 0.1) is 5.52 Å². The van der Waals surface area contributed by atoms with Gasteiger partial charge in [-0.25, -0.2) is 0 Å². The van der Waals surface area contributed by atoms with Crippen molar-refractivity contribution in [2.45, 2.75) is 56.5 Å². The summed E-state index contributed by atoms with van der Waals surface area (Å²) in [6.07, 6.45) is 5.46. The van der Waals surface area contributed by atoms with E-state index in [0.717, 1.165) is 29.4 Å². The Kier molecular flexibility index (Phi) is 3.87. The van der Waals surface area contributed by atoms with Crippen LogP contribution in [0.4, 0.5) is 0 Å². The molecule has 5 heteroatoms. The predicted molar refractivity (Wildman–Crippen MR) is 91.0 cm³/mol. The van der Waals surface area contributed by atoms with E-state index >= 15 is 0 Å². The van der Waals surface area contributed by atoms with Crippen LogP contribution >= 0.6 is 0 Å². The minimum atomic E-state index is -0.699. The Labute approximate surface area is 137 Å². The molecule has 2 N–H and O–H groups in total. The normalized spacial score (nSPS) is 29.8. The molecule has 0 amide bonds. The summed E-state index contributed by atoms with van der Waals surface area (Å²) < 4.78 is 1.85. The van der Waals surface area contributed by atoms with Crippen LogP contribution in [0.1, 0.15) is 44.0 Å². The van der Waals surface area contributed by atoms with E-state index in [0.29, 0.717) is 18.1 Å². The lowest BCUT2D eigenvalue weighted by Gasteiger charge is -2.47. The van der Waals surface area contributed by atoms with E-state index in [2.05, 4.69) is 22.4 Å². The van der Waals surface area contributed by atoms with E-state index in [1.807, 2.05) is 36.0 Å². The number of nitrogens with one attached hydrogen (secondary N) is 1. The Morgan fingerprint density at radius 1 is 1.17 bits per heavy atom. The van der Waals surface area contributed by atoms with Gasteiger partial charge in [0.2, 0.25) is 0 Å². The number of aromatic nitrogens is 2. The Morgan fingerprint density at radius 2 is 1.87 bits per heavy atom. The summed E-state index contributed by atoms with van der Waals surface area (Å²) in [5, 5.41) is 19.7. The molecule has 2 aromatic rings. The van der Waals surface area contributed by atoms with Crippen LogP contribution in [0.2, 0.25) is 0 Å². The van der Waals surface area contributed by atoms with Crippen molar-refractivity contribution < 1.29 is 5.11 Å². The summed E-state index contributed by atoms with van der Waals surface area (Å²) in [5.41, 5.74) is 1.80. The van der Waals surface area contributed by atoms with E-state index in [9.17, 15) is 5.11 Å². The SMILES string of the molecule is CN1C2CCCC1CC(NC(O)c1nn(C)c3ccccc13)C2. The molecule has 0 aliphatic carbocycles. The highest BCUT2D eigenvalue weighted by Gasteiger charge is 2.36. The zero-order valence-electron chi connectivity index (χ0n) is 13.9. The van der Waals surface area contributed by atoms with E-state index in [-0.39, 0.29) is 0 Å². The zero-order chi connectivity index (χ0) is 16.0. The summed E-state index contributed by atoms with van der Waals surface area (Å²) in [7, 11) is 4.19. The quantitative estimate of drug-likeness (QED) is 0.853. The van der Waals surface area contributed by atoms with E-state index in [1.54, 1.807) is 0 Å². The van der Waals surface area contributed by atoms with Crippen LogP contribution in [0.5, 0.6) is 0 Å². The molecule has 0 spiro atoms. The Morgan fingerprint density at radius 3 is 2.61 bits per heavy atom. The van der Waals surface area contributed by atoms with Gasteiger partial charge in [0.25, 0.3) is 0 Å². The van der Waals surface area contributed by atoms with Gasteiger partial charge in [0, 0.05) is 30.6 Å². The minimum absolute atomic E-state index is 0.372. The first-order valence-corrected chi connectivity index (χ1v) is 8.71. The van der Waals surface area contributed by atoms with Gasteiger partial charge in [0.1, 0.15) is 5.69 Å².